The summed E-state index contributed by atoms with van der Waals surface area (Å²) >= 11 is 0. The van der Waals surface area contributed by atoms with E-state index < -0.39 is 0 Å². The van der Waals surface area contributed by atoms with Crippen LogP contribution in [-0.4, -0.2) is 49.3 Å². The first-order chi connectivity index (χ1) is 10.2. The molecule has 0 aromatic carbocycles. The van der Waals surface area contributed by atoms with Crippen LogP contribution in [0.5, 0.6) is 0 Å². The monoisotopic (exact) mass is 297 g/mol. The largest absolute Gasteiger partial charge is 0.396 e. The topological polar surface area (TPSA) is 49.8 Å². The number of carbonyl (C=O) groups excluding carboxylic acids is 1. The zero-order valence-electron chi connectivity index (χ0n) is 13.5. The molecule has 1 aliphatic heterocycles. The Morgan fingerprint density at radius 1 is 1.33 bits per heavy atom. The minimum Gasteiger partial charge on any atom is -0.396 e. The second-order valence-corrected chi connectivity index (χ2v) is 7.03. The first-order valence-corrected chi connectivity index (χ1v) is 8.57. The average Bonchev–Trinajstić information content (AvgIpc) is 3.01. The summed E-state index contributed by atoms with van der Waals surface area (Å²) in [5, 5.41) is 9.85. The molecule has 1 aliphatic carbocycles. The van der Waals surface area contributed by atoms with Crippen LogP contribution in [0, 0.1) is 11.3 Å². The minimum absolute atomic E-state index is 0.0951. The summed E-state index contributed by atoms with van der Waals surface area (Å²) in [7, 11) is 1.71. The molecule has 4 nitrogen and oxygen atoms in total. The van der Waals surface area contributed by atoms with Crippen molar-refractivity contribution in [1.29, 1.82) is 0 Å². The molecule has 2 aliphatic rings. The van der Waals surface area contributed by atoms with E-state index in [0.29, 0.717) is 11.8 Å². The van der Waals surface area contributed by atoms with E-state index in [9.17, 15) is 9.90 Å². The van der Waals surface area contributed by atoms with Crippen molar-refractivity contribution < 1.29 is 14.6 Å². The number of aliphatic hydroxyl groups excluding tert-OH is 1. The van der Waals surface area contributed by atoms with Gasteiger partial charge in [0.1, 0.15) is 0 Å². The molecule has 0 aromatic heterocycles. The summed E-state index contributed by atoms with van der Waals surface area (Å²) in [5.74, 6) is 0.919. The van der Waals surface area contributed by atoms with Gasteiger partial charge in [0.05, 0.1) is 6.61 Å². The van der Waals surface area contributed by atoms with Gasteiger partial charge in [-0.1, -0.05) is 12.8 Å². The fourth-order valence-corrected chi connectivity index (χ4v) is 4.01. The van der Waals surface area contributed by atoms with Gasteiger partial charge in [-0.2, -0.15) is 0 Å². The molecule has 1 saturated carbocycles. The Morgan fingerprint density at radius 2 is 2.10 bits per heavy atom. The highest BCUT2D eigenvalue weighted by molar-refractivity contribution is 5.76. The second kappa shape index (κ2) is 8.14. The van der Waals surface area contributed by atoms with Crippen molar-refractivity contribution in [2.24, 2.45) is 11.3 Å². The third kappa shape index (κ3) is 4.68. The molecule has 0 bridgehead atoms. The van der Waals surface area contributed by atoms with Crippen LogP contribution < -0.4 is 0 Å². The highest BCUT2D eigenvalue weighted by Gasteiger charge is 2.36. The molecular weight excluding hydrogens is 266 g/mol. The predicted octanol–water partition coefficient (Wildman–Crippen LogP) is 2.59. The molecule has 1 saturated heterocycles. The molecule has 0 aromatic rings. The standard InChI is InChI=1S/C17H31NO3/c1-21-11-5-9-17(14-19)8-4-10-18(13-17)16(20)12-15-6-2-3-7-15/h15,19H,2-14H2,1H3. The molecule has 21 heavy (non-hydrogen) atoms. The number of hydrogen-bond donors (Lipinski definition) is 1. The highest BCUT2D eigenvalue weighted by Crippen LogP contribution is 2.35. The SMILES string of the molecule is COCCCC1(CO)CCCN(C(=O)CC2CCCC2)C1. The molecule has 122 valence electrons. The first kappa shape index (κ1) is 16.8. The lowest BCUT2D eigenvalue weighted by molar-refractivity contribution is -0.136. The second-order valence-electron chi connectivity index (χ2n) is 7.03. The van der Waals surface area contributed by atoms with Crippen LogP contribution in [0.2, 0.25) is 0 Å². The van der Waals surface area contributed by atoms with Gasteiger partial charge in [-0.25, -0.2) is 0 Å². The van der Waals surface area contributed by atoms with Gasteiger partial charge in [-0.15, -0.1) is 0 Å². The van der Waals surface area contributed by atoms with Gasteiger partial charge in [0.15, 0.2) is 0 Å². The van der Waals surface area contributed by atoms with Gasteiger partial charge >= 0.3 is 0 Å². The molecule has 0 radical (unpaired) electrons. The van der Waals surface area contributed by atoms with Crippen LogP contribution in [0.15, 0.2) is 0 Å². The summed E-state index contributed by atoms with van der Waals surface area (Å²) in [5.41, 5.74) is -0.0951. The molecule has 2 rings (SSSR count). The Bertz CT molecular complexity index is 328. The molecule has 0 spiro atoms. The number of hydrogen-bond acceptors (Lipinski definition) is 3. The summed E-state index contributed by atoms with van der Waals surface area (Å²) in [4.78, 5) is 14.5. The number of methoxy groups -OCH3 is 1. The number of aliphatic hydroxyl groups is 1. The third-order valence-corrected chi connectivity index (χ3v) is 5.34. The fourth-order valence-electron chi connectivity index (χ4n) is 4.01. The smallest absolute Gasteiger partial charge is 0.222 e. The molecule has 1 N–H and O–H groups in total. The van der Waals surface area contributed by atoms with Crippen molar-refractivity contribution >= 4 is 5.91 Å². The number of amides is 1. The average molecular weight is 297 g/mol. The fraction of sp³-hybridized carbons (Fsp3) is 0.941. The van der Waals surface area contributed by atoms with Crippen LogP contribution in [0.25, 0.3) is 0 Å². The van der Waals surface area contributed by atoms with E-state index in [-0.39, 0.29) is 12.0 Å². The van der Waals surface area contributed by atoms with E-state index in [4.69, 9.17) is 4.74 Å². The van der Waals surface area contributed by atoms with Crippen LogP contribution >= 0.6 is 0 Å². The van der Waals surface area contributed by atoms with Crippen LogP contribution in [0.1, 0.15) is 57.8 Å². The van der Waals surface area contributed by atoms with E-state index >= 15 is 0 Å². The number of carbonyl (C=O) groups is 1. The lowest BCUT2D eigenvalue weighted by Crippen LogP contribution is -2.48. The van der Waals surface area contributed by atoms with Gasteiger partial charge < -0.3 is 14.7 Å². The van der Waals surface area contributed by atoms with E-state index in [0.717, 1.165) is 51.8 Å². The summed E-state index contributed by atoms with van der Waals surface area (Å²) < 4.78 is 5.12. The number of nitrogens with zero attached hydrogens (tertiary/aromatic N) is 1. The molecule has 1 amide bonds. The molecule has 1 unspecified atom stereocenters. The van der Waals surface area contributed by atoms with Gasteiger partial charge in [0, 0.05) is 38.6 Å². The summed E-state index contributed by atoms with van der Waals surface area (Å²) in [6.45, 7) is 2.53. The van der Waals surface area contributed by atoms with Gasteiger partial charge in [0.2, 0.25) is 5.91 Å². The van der Waals surface area contributed by atoms with E-state index in [2.05, 4.69) is 0 Å². The lowest BCUT2D eigenvalue weighted by atomic mass is 9.76. The van der Waals surface area contributed by atoms with E-state index in [1.807, 2.05) is 4.90 Å². The first-order valence-electron chi connectivity index (χ1n) is 8.57. The maximum absolute atomic E-state index is 12.5. The molecule has 1 atom stereocenters. The Balaban J connectivity index is 1.86. The number of ether oxygens (including phenoxy) is 1. The summed E-state index contributed by atoms with van der Waals surface area (Å²) in [6, 6.07) is 0. The van der Waals surface area contributed by atoms with Gasteiger partial charge in [-0.3, -0.25) is 4.79 Å². The maximum atomic E-state index is 12.5. The molecule has 1 heterocycles. The van der Waals surface area contributed by atoms with Crippen molar-refractivity contribution in [3.8, 4) is 0 Å². The van der Waals surface area contributed by atoms with Gasteiger partial charge in [0.25, 0.3) is 0 Å². The minimum atomic E-state index is -0.0951. The highest BCUT2D eigenvalue weighted by atomic mass is 16.5. The quantitative estimate of drug-likeness (QED) is 0.735. The summed E-state index contributed by atoms with van der Waals surface area (Å²) in [6.07, 6.45) is 9.69. The van der Waals surface area contributed by atoms with Crippen molar-refractivity contribution in [2.45, 2.75) is 57.8 Å². The normalized spacial score (nSPS) is 27.2. The van der Waals surface area contributed by atoms with Crippen molar-refractivity contribution in [3.63, 3.8) is 0 Å². The molecular formula is C17H31NO3. The Morgan fingerprint density at radius 3 is 2.76 bits per heavy atom. The Hall–Kier alpha value is -0.610. The Kier molecular flexibility index (Phi) is 6.49. The van der Waals surface area contributed by atoms with E-state index in [1.165, 1.54) is 25.7 Å². The predicted molar refractivity (Wildman–Crippen MR) is 83.0 cm³/mol. The molecule has 4 heteroatoms. The van der Waals surface area contributed by atoms with Crippen molar-refractivity contribution in [1.82, 2.24) is 4.90 Å². The molecule has 2 fully saturated rings. The van der Waals surface area contributed by atoms with E-state index in [1.54, 1.807) is 7.11 Å². The van der Waals surface area contributed by atoms with Crippen molar-refractivity contribution in [3.05, 3.63) is 0 Å². The number of piperidine rings is 1. The third-order valence-electron chi connectivity index (χ3n) is 5.34. The maximum Gasteiger partial charge on any atom is 0.222 e. The zero-order valence-corrected chi connectivity index (χ0v) is 13.5. The lowest BCUT2D eigenvalue weighted by Gasteiger charge is -2.42. The van der Waals surface area contributed by atoms with Crippen LogP contribution in [0.3, 0.4) is 0 Å². The van der Waals surface area contributed by atoms with Crippen LogP contribution in [-0.2, 0) is 9.53 Å². The zero-order chi connectivity index (χ0) is 15.1. The van der Waals surface area contributed by atoms with Crippen molar-refractivity contribution in [2.75, 3.05) is 33.4 Å². The Labute approximate surface area is 128 Å². The number of likely N-dealkylation sites (tertiary alicyclic amines) is 1. The van der Waals surface area contributed by atoms with Gasteiger partial charge in [-0.05, 0) is 44.4 Å². The number of rotatable bonds is 7. The van der Waals surface area contributed by atoms with Crippen LogP contribution in [0.4, 0.5) is 0 Å².